The number of fused-ring (bicyclic) bond motifs is 10. The van der Waals surface area contributed by atoms with Crippen molar-refractivity contribution >= 4 is 19.6 Å². The monoisotopic (exact) mass is 778 g/mol. The predicted octanol–water partition coefficient (Wildman–Crippen LogP) is 11.4. The van der Waals surface area contributed by atoms with Gasteiger partial charge < -0.3 is 9.63 Å². The number of rotatable bonds is 9. The van der Waals surface area contributed by atoms with Gasteiger partial charge in [0.2, 0.25) is 0 Å². The molecule has 0 bridgehead atoms. The minimum atomic E-state index is -4.37. The molecule has 8 rings (SSSR count). The molecule has 8 aliphatic rings. The Bertz CT molecular complexity index is 1680. The molecule has 16 atom stereocenters. The quantitative estimate of drug-likeness (QED) is 0.141. The molecule has 1 N–H and O–H groups in total. The molecule has 0 aliphatic heterocycles. The number of esters is 1. The SMILES string of the molecule is C=C(C)C1CCC2C3CC=C4CC(OP(=O)(O)OCC(C)C(=O)OC5CCC6(C)C(=CCC7C6CCC6(C)C(C(C)=O)CCC76)C5)CCC4(C)C3CCC12C. The molecule has 6 saturated carbocycles. The van der Waals surface area contributed by atoms with Crippen molar-refractivity contribution in [1.29, 1.82) is 0 Å². The smallest absolute Gasteiger partial charge is 0.462 e. The number of ketones is 1. The van der Waals surface area contributed by atoms with Gasteiger partial charge in [-0.15, -0.1) is 0 Å². The van der Waals surface area contributed by atoms with Crippen LogP contribution >= 0.6 is 7.82 Å². The fourth-order valence-corrected chi connectivity index (χ4v) is 16.7. The summed E-state index contributed by atoms with van der Waals surface area (Å²) in [4.78, 5) is 36.7. The molecule has 0 heterocycles. The summed E-state index contributed by atoms with van der Waals surface area (Å²) in [6.45, 7) is 19.7. The summed E-state index contributed by atoms with van der Waals surface area (Å²) in [6.07, 6.45) is 21.1. The van der Waals surface area contributed by atoms with Gasteiger partial charge in [-0.05, 0) is 180 Å². The Morgan fingerprint density at radius 1 is 0.764 bits per heavy atom. The Hall–Kier alpha value is -1.53. The van der Waals surface area contributed by atoms with Crippen LogP contribution < -0.4 is 0 Å². The molecule has 0 aromatic carbocycles. The van der Waals surface area contributed by atoms with Gasteiger partial charge >= 0.3 is 13.8 Å². The van der Waals surface area contributed by atoms with E-state index in [1.54, 1.807) is 13.8 Å². The van der Waals surface area contributed by atoms with Crippen LogP contribution in [-0.2, 0) is 27.9 Å². The number of allylic oxidation sites excluding steroid dienone is 3. The van der Waals surface area contributed by atoms with E-state index in [2.05, 4.69) is 53.3 Å². The molecule has 0 aromatic heterocycles. The zero-order valence-electron chi connectivity index (χ0n) is 35.1. The zero-order valence-corrected chi connectivity index (χ0v) is 36.0. The van der Waals surface area contributed by atoms with E-state index in [-0.39, 0.29) is 46.9 Å². The van der Waals surface area contributed by atoms with Gasteiger partial charge in [-0.2, -0.15) is 0 Å². The van der Waals surface area contributed by atoms with E-state index in [0.717, 1.165) is 63.7 Å². The highest BCUT2D eigenvalue weighted by Gasteiger charge is 2.61. The Balaban J connectivity index is 0.823. The van der Waals surface area contributed by atoms with Crippen molar-refractivity contribution in [2.75, 3.05) is 6.61 Å². The van der Waals surface area contributed by atoms with Crippen LogP contribution in [0, 0.1) is 74.9 Å². The predicted molar refractivity (Wildman–Crippen MR) is 216 cm³/mol. The lowest BCUT2D eigenvalue weighted by Gasteiger charge is -2.58. The Labute approximate surface area is 331 Å². The first kappa shape index (κ1) is 40.3. The minimum Gasteiger partial charge on any atom is -0.462 e. The van der Waals surface area contributed by atoms with Crippen molar-refractivity contribution in [3.05, 3.63) is 35.5 Å². The molecule has 0 saturated heterocycles. The van der Waals surface area contributed by atoms with E-state index in [9.17, 15) is 19.0 Å². The second kappa shape index (κ2) is 14.3. The number of hydrogen-bond donors (Lipinski definition) is 1. The highest BCUT2D eigenvalue weighted by molar-refractivity contribution is 7.47. The fourth-order valence-electron chi connectivity index (χ4n) is 15.7. The minimum absolute atomic E-state index is 0.115. The Kier molecular flexibility index (Phi) is 10.5. The van der Waals surface area contributed by atoms with Gasteiger partial charge in [0, 0.05) is 12.3 Å². The van der Waals surface area contributed by atoms with Gasteiger partial charge in [-0.25, -0.2) is 4.57 Å². The topological polar surface area (TPSA) is 99.1 Å². The number of ether oxygens (including phenoxy) is 1. The Morgan fingerprint density at radius 3 is 1.82 bits per heavy atom. The van der Waals surface area contributed by atoms with E-state index >= 15 is 0 Å². The lowest BCUT2D eigenvalue weighted by molar-refractivity contribution is -0.157. The molecule has 55 heavy (non-hydrogen) atoms. The standard InChI is InChI=1S/C47H71O7P/c1-28(2)37-13-15-39-35-12-10-32-26-34(18-22-45(32,6)41(35)19-23-46(37,39)7)54-55(50,51)52-27-29(3)43(49)53-33-17-21-44(5)31(25-33)9-11-36-40-16-14-38(30(4)48)47(40,8)24-20-42(36)44/h9-10,29,33-42H,1,11-27H2,2-8H3,(H,50,51). The van der Waals surface area contributed by atoms with Crippen LogP contribution in [0.15, 0.2) is 35.5 Å². The number of Topliss-reactive ketones (excluding diaryl/α,β-unsaturated/α-hetero) is 1. The molecule has 7 nitrogen and oxygen atoms in total. The first-order valence-corrected chi connectivity index (χ1v) is 23.8. The molecule has 0 radical (unpaired) electrons. The molecule has 0 aromatic rings. The molecule has 0 spiro atoms. The Morgan fingerprint density at radius 2 is 1.27 bits per heavy atom. The second-order valence-electron chi connectivity index (χ2n) is 21.3. The molecule has 6 fully saturated rings. The molecule has 16 unspecified atom stereocenters. The third-order valence-electron chi connectivity index (χ3n) is 18.7. The van der Waals surface area contributed by atoms with Gasteiger partial charge in [-0.1, -0.05) is 63.1 Å². The maximum absolute atomic E-state index is 13.3. The van der Waals surface area contributed by atoms with Gasteiger partial charge in [0.1, 0.15) is 11.9 Å². The largest absolute Gasteiger partial charge is 0.472 e. The van der Waals surface area contributed by atoms with Crippen LogP contribution in [0.3, 0.4) is 0 Å². The van der Waals surface area contributed by atoms with Crippen LogP contribution in [0.25, 0.3) is 0 Å². The van der Waals surface area contributed by atoms with Crippen molar-refractivity contribution in [3.8, 4) is 0 Å². The molecular weight excluding hydrogens is 707 g/mol. The normalized spacial score (nSPS) is 47.6. The number of carbonyl (C=O) groups excluding carboxylic acids is 2. The lowest BCUT2D eigenvalue weighted by atomic mass is 9.47. The first-order chi connectivity index (χ1) is 25.9. The third kappa shape index (κ3) is 6.68. The maximum atomic E-state index is 13.3. The van der Waals surface area contributed by atoms with Crippen molar-refractivity contribution in [1.82, 2.24) is 0 Å². The van der Waals surface area contributed by atoms with Crippen molar-refractivity contribution in [2.24, 2.45) is 74.9 Å². The molecule has 306 valence electrons. The molecular formula is C47H71O7P. The van der Waals surface area contributed by atoms with Crippen LogP contribution in [0.4, 0.5) is 0 Å². The van der Waals surface area contributed by atoms with Gasteiger partial charge in [-0.3, -0.25) is 18.6 Å². The van der Waals surface area contributed by atoms with Crippen molar-refractivity contribution in [2.45, 2.75) is 163 Å². The lowest BCUT2D eigenvalue weighted by Crippen LogP contribution is -2.51. The van der Waals surface area contributed by atoms with Crippen molar-refractivity contribution < 1.29 is 32.8 Å². The van der Waals surface area contributed by atoms with Crippen LogP contribution in [0.1, 0.15) is 151 Å². The van der Waals surface area contributed by atoms with Gasteiger partial charge in [0.25, 0.3) is 0 Å². The average Bonchev–Trinajstić information content (AvgIpc) is 3.68. The maximum Gasteiger partial charge on any atom is 0.472 e. The van der Waals surface area contributed by atoms with Gasteiger partial charge in [0.15, 0.2) is 0 Å². The van der Waals surface area contributed by atoms with E-state index in [1.165, 1.54) is 55.2 Å². The number of phosphoric ester groups is 1. The zero-order chi connectivity index (χ0) is 39.3. The summed E-state index contributed by atoms with van der Waals surface area (Å²) in [7, 11) is -4.37. The summed E-state index contributed by atoms with van der Waals surface area (Å²) in [5.74, 6) is 4.13. The van der Waals surface area contributed by atoms with Gasteiger partial charge in [0.05, 0.1) is 18.6 Å². The van der Waals surface area contributed by atoms with Crippen molar-refractivity contribution in [3.63, 3.8) is 0 Å². The summed E-state index contributed by atoms with van der Waals surface area (Å²) < 4.78 is 30.7. The number of carbonyl (C=O) groups is 2. The first-order valence-electron chi connectivity index (χ1n) is 22.3. The highest BCUT2D eigenvalue weighted by Crippen LogP contribution is 2.69. The summed E-state index contributed by atoms with van der Waals surface area (Å²) in [6, 6.07) is 0. The summed E-state index contributed by atoms with van der Waals surface area (Å²) in [5.41, 5.74) is 4.93. The highest BCUT2D eigenvalue weighted by atomic mass is 31.2. The van der Waals surface area contributed by atoms with E-state index < -0.39 is 13.7 Å². The number of phosphoric acid groups is 1. The number of hydrogen-bond acceptors (Lipinski definition) is 6. The molecule has 8 aliphatic carbocycles. The van der Waals surface area contributed by atoms with Crippen LogP contribution in [0.2, 0.25) is 0 Å². The fraction of sp³-hybridized carbons (Fsp3) is 0.830. The summed E-state index contributed by atoms with van der Waals surface area (Å²) in [5, 5.41) is 0. The second-order valence-corrected chi connectivity index (χ2v) is 22.7. The van der Waals surface area contributed by atoms with E-state index in [0.29, 0.717) is 53.1 Å². The average molecular weight is 779 g/mol. The van der Waals surface area contributed by atoms with Crippen LogP contribution in [-0.4, -0.2) is 35.5 Å². The third-order valence-corrected chi connectivity index (χ3v) is 19.7. The van der Waals surface area contributed by atoms with Crippen LogP contribution in [0.5, 0.6) is 0 Å². The molecule has 0 amide bonds. The summed E-state index contributed by atoms with van der Waals surface area (Å²) >= 11 is 0. The van der Waals surface area contributed by atoms with E-state index in [4.69, 9.17) is 13.8 Å². The molecule has 8 heteroatoms. The van der Waals surface area contributed by atoms with E-state index in [1.807, 2.05) is 0 Å².